The summed E-state index contributed by atoms with van der Waals surface area (Å²) >= 11 is 5.74. The van der Waals surface area contributed by atoms with E-state index in [-0.39, 0.29) is 17.7 Å². The predicted molar refractivity (Wildman–Crippen MR) is 99.3 cm³/mol. The monoisotopic (exact) mass is 378 g/mol. The third-order valence-electron chi connectivity index (χ3n) is 4.26. The minimum Gasteiger partial charge on any atom is -0.336 e. The van der Waals surface area contributed by atoms with Gasteiger partial charge in [-0.25, -0.2) is 8.42 Å². The molecule has 1 amide bonds. The summed E-state index contributed by atoms with van der Waals surface area (Å²) in [6, 6.07) is 15.3. The summed E-state index contributed by atoms with van der Waals surface area (Å²) < 4.78 is 25.6. The maximum Gasteiger partial charge on any atom is 0.237 e. The van der Waals surface area contributed by atoms with Crippen LogP contribution in [0.15, 0.2) is 48.5 Å². The average molecular weight is 379 g/mol. The van der Waals surface area contributed by atoms with Crippen LogP contribution in [0.3, 0.4) is 0 Å². The standard InChI is InChI=1S/C18H19ClN2O3S/c1-25(23,24)20-15-8-7-14-11-21(18(22)10-19)12-17(16(14)9-15)13-5-3-2-4-6-13/h2-9,17,20H,10-12H2,1H3. The lowest BCUT2D eigenvalue weighted by atomic mass is 9.84. The van der Waals surface area contributed by atoms with Crippen LogP contribution in [-0.4, -0.2) is 37.9 Å². The van der Waals surface area contributed by atoms with Gasteiger partial charge in [0.05, 0.1) is 6.26 Å². The van der Waals surface area contributed by atoms with Crippen molar-refractivity contribution < 1.29 is 13.2 Å². The lowest BCUT2D eigenvalue weighted by Crippen LogP contribution is -2.39. The van der Waals surface area contributed by atoms with Gasteiger partial charge in [0.1, 0.15) is 5.88 Å². The number of hydrogen-bond acceptors (Lipinski definition) is 3. The van der Waals surface area contributed by atoms with E-state index in [0.29, 0.717) is 18.8 Å². The molecule has 2 aromatic rings. The fraction of sp³-hybridized carbons (Fsp3) is 0.278. The van der Waals surface area contributed by atoms with E-state index in [1.807, 2.05) is 42.5 Å². The van der Waals surface area contributed by atoms with E-state index in [2.05, 4.69) is 4.72 Å². The van der Waals surface area contributed by atoms with Crippen molar-refractivity contribution in [1.82, 2.24) is 4.90 Å². The Morgan fingerprint density at radius 3 is 2.60 bits per heavy atom. The van der Waals surface area contributed by atoms with Crippen LogP contribution >= 0.6 is 11.6 Å². The molecule has 0 spiro atoms. The third-order valence-corrected chi connectivity index (χ3v) is 5.09. The van der Waals surface area contributed by atoms with Crippen LogP contribution in [0.1, 0.15) is 22.6 Å². The molecule has 3 rings (SSSR count). The van der Waals surface area contributed by atoms with Crippen molar-refractivity contribution in [2.45, 2.75) is 12.5 Å². The number of carbonyl (C=O) groups excluding carboxylic acids is 1. The Labute approximate surface area is 152 Å². The summed E-state index contributed by atoms with van der Waals surface area (Å²) in [7, 11) is -3.35. The molecule has 0 bridgehead atoms. The highest BCUT2D eigenvalue weighted by Gasteiger charge is 2.29. The van der Waals surface area contributed by atoms with E-state index in [1.165, 1.54) is 0 Å². The van der Waals surface area contributed by atoms with Crippen molar-refractivity contribution in [1.29, 1.82) is 0 Å². The number of anilines is 1. The van der Waals surface area contributed by atoms with Crippen molar-refractivity contribution in [2.24, 2.45) is 0 Å². The molecule has 132 valence electrons. The maximum absolute atomic E-state index is 12.1. The van der Waals surface area contributed by atoms with E-state index in [4.69, 9.17) is 11.6 Å². The highest BCUT2D eigenvalue weighted by molar-refractivity contribution is 7.92. The Morgan fingerprint density at radius 2 is 1.96 bits per heavy atom. The molecule has 1 N–H and O–H groups in total. The minimum atomic E-state index is -3.35. The molecule has 2 aromatic carbocycles. The van der Waals surface area contributed by atoms with E-state index in [1.54, 1.807) is 11.0 Å². The van der Waals surface area contributed by atoms with Gasteiger partial charge in [0, 0.05) is 24.7 Å². The topological polar surface area (TPSA) is 66.5 Å². The molecule has 1 unspecified atom stereocenters. The Morgan fingerprint density at radius 1 is 1.24 bits per heavy atom. The number of rotatable bonds is 4. The van der Waals surface area contributed by atoms with Gasteiger partial charge in [-0.2, -0.15) is 0 Å². The van der Waals surface area contributed by atoms with Gasteiger partial charge in [-0.1, -0.05) is 36.4 Å². The molecule has 25 heavy (non-hydrogen) atoms. The summed E-state index contributed by atoms with van der Waals surface area (Å²) in [5.74, 6) is -0.185. The summed E-state index contributed by atoms with van der Waals surface area (Å²) in [5, 5.41) is 0. The Hall–Kier alpha value is -2.05. The van der Waals surface area contributed by atoms with Crippen LogP contribution in [0, 0.1) is 0 Å². The van der Waals surface area contributed by atoms with Gasteiger partial charge in [0.25, 0.3) is 0 Å². The Bertz CT molecular complexity index is 884. The zero-order chi connectivity index (χ0) is 18.0. The first-order valence-corrected chi connectivity index (χ1v) is 10.3. The number of carbonyl (C=O) groups is 1. The van der Waals surface area contributed by atoms with Crippen LogP contribution in [0.4, 0.5) is 5.69 Å². The molecule has 0 saturated heterocycles. The number of hydrogen-bond donors (Lipinski definition) is 1. The average Bonchev–Trinajstić information content (AvgIpc) is 2.59. The SMILES string of the molecule is CS(=O)(=O)Nc1ccc2c(c1)C(c1ccccc1)CN(C(=O)CCl)C2. The van der Waals surface area contributed by atoms with Crippen LogP contribution in [0.2, 0.25) is 0 Å². The first kappa shape index (κ1) is 17.8. The molecule has 1 atom stereocenters. The van der Waals surface area contributed by atoms with Crippen molar-refractivity contribution >= 4 is 33.2 Å². The third kappa shape index (κ3) is 4.14. The summed E-state index contributed by atoms with van der Waals surface area (Å²) in [5.41, 5.74) is 3.63. The molecule has 5 nitrogen and oxygen atoms in total. The highest BCUT2D eigenvalue weighted by atomic mass is 35.5. The van der Waals surface area contributed by atoms with E-state index in [0.717, 1.165) is 22.9 Å². The summed E-state index contributed by atoms with van der Waals surface area (Å²) in [4.78, 5) is 13.9. The molecule has 0 fully saturated rings. The molecular weight excluding hydrogens is 360 g/mol. The fourth-order valence-electron chi connectivity index (χ4n) is 3.17. The van der Waals surface area contributed by atoms with Crippen LogP contribution in [0.5, 0.6) is 0 Å². The lowest BCUT2D eigenvalue weighted by molar-refractivity contribution is -0.129. The number of sulfonamides is 1. The number of nitrogens with zero attached hydrogens (tertiary/aromatic N) is 1. The highest BCUT2D eigenvalue weighted by Crippen LogP contribution is 2.35. The molecular formula is C18H19ClN2O3S. The predicted octanol–water partition coefficient (Wildman–Crippen LogP) is 2.77. The number of alkyl halides is 1. The first-order chi connectivity index (χ1) is 11.9. The molecule has 1 heterocycles. The van der Waals surface area contributed by atoms with Crippen LogP contribution in [-0.2, 0) is 21.4 Å². The second-order valence-corrected chi connectivity index (χ2v) is 8.17. The number of halogens is 1. The number of fused-ring (bicyclic) bond motifs is 1. The van der Waals surface area contributed by atoms with Gasteiger partial charge < -0.3 is 4.90 Å². The molecule has 1 aliphatic heterocycles. The molecule has 0 radical (unpaired) electrons. The maximum atomic E-state index is 12.1. The Kier molecular flexibility index (Phi) is 5.01. The number of amides is 1. The lowest BCUT2D eigenvalue weighted by Gasteiger charge is -2.35. The second-order valence-electron chi connectivity index (χ2n) is 6.16. The quantitative estimate of drug-likeness (QED) is 0.832. The largest absolute Gasteiger partial charge is 0.336 e. The molecule has 0 saturated carbocycles. The van der Waals surface area contributed by atoms with E-state index >= 15 is 0 Å². The van der Waals surface area contributed by atoms with Crippen LogP contribution in [0.25, 0.3) is 0 Å². The smallest absolute Gasteiger partial charge is 0.237 e. The van der Waals surface area contributed by atoms with Gasteiger partial charge in [-0.3, -0.25) is 9.52 Å². The van der Waals surface area contributed by atoms with Gasteiger partial charge in [0.15, 0.2) is 0 Å². The molecule has 7 heteroatoms. The number of nitrogens with one attached hydrogen (secondary N) is 1. The summed E-state index contributed by atoms with van der Waals surface area (Å²) in [6.07, 6.45) is 1.13. The first-order valence-electron chi connectivity index (χ1n) is 7.86. The van der Waals surface area contributed by atoms with Crippen LogP contribution < -0.4 is 4.72 Å². The zero-order valence-corrected chi connectivity index (χ0v) is 15.3. The van der Waals surface area contributed by atoms with Gasteiger partial charge in [0.2, 0.25) is 15.9 Å². The van der Waals surface area contributed by atoms with Gasteiger partial charge >= 0.3 is 0 Å². The fourth-order valence-corrected chi connectivity index (χ4v) is 3.90. The second kappa shape index (κ2) is 7.06. The zero-order valence-electron chi connectivity index (χ0n) is 13.8. The van der Waals surface area contributed by atoms with Crippen molar-refractivity contribution in [2.75, 3.05) is 23.4 Å². The van der Waals surface area contributed by atoms with Crippen molar-refractivity contribution in [3.8, 4) is 0 Å². The van der Waals surface area contributed by atoms with Crippen molar-refractivity contribution in [3.05, 3.63) is 65.2 Å². The van der Waals surface area contributed by atoms with E-state index < -0.39 is 10.0 Å². The molecule has 1 aliphatic rings. The van der Waals surface area contributed by atoms with Gasteiger partial charge in [-0.15, -0.1) is 11.6 Å². The van der Waals surface area contributed by atoms with Crippen molar-refractivity contribution in [3.63, 3.8) is 0 Å². The van der Waals surface area contributed by atoms with Gasteiger partial charge in [-0.05, 0) is 28.8 Å². The molecule has 0 aliphatic carbocycles. The Balaban J connectivity index is 2.05. The molecule has 0 aromatic heterocycles. The normalized spacial score (nSPS) is 17.0. The summed E-state index contributed by atoms with van der Waals surface area (Å²) in [6.45, 7) is 0.994. The minimum absolute atomic E-state index is 0.0292. The number of benzene rings is 2. The van der Waals surface area contributed by atoms with E-state index in [9.17, 15) is 13.2 Å².